The van der Waals surface area contributed by atoms with E-state index in [0.29, 0.717) is 23.9 Å². The highest BCUT2D eigenvalue weighted by Gasteiger charge is 2.40. The van der Waals surface area contributed by atoms with Gasteiger partial charge in [-0.05, 0) is 0 Å². The van der Waals surface area contributed by atoms with E-state index in [2.05, 4.69) is 15.1 Å². The molecule has 2 aliphatic rings. The van der Waals surface area contributed by atoms with Crippen LogP contribution in [0.25, 0.3) is 0 Å². The molecule has 6 heteroatoms. The van der Waals surface area contributed by atoms with Gasteiger partial charge in [0.05, 0.1) is 5.92 Å². The summed E-state index contributed by atoms with van der Waals surface area (Å²) in [4.78, 5) is 23.8. The average molecular weight is 205 g/mol. The SMILES string of the molecule is O=CC1ON=C2c3nccnc3OCC21. The lowest BCUT2D eigenvalue weighted by atomic mass is 9.95. The van der Waals surface area contributed by atoms with Gasteiger partial charge >= 0.3 is 0 Å². The van der Waals surface area contributed by atoms with Gasteiger partial charge < -0.3 is 9.57 Å². The second-order valence-corrected chi connectivity index (χ2v) is 3.31. The van der Waals surface area contributed by atoms with Crippen LogP contribution in [0.2, 0.25) is 0 Å². The molecule has 3 heterocycles. The summed E-state index contributed by atoms with van der Waals surface area (Å²) in [5, 5.41) is 3.85. The first kappa shape index (κ1) is 8.34. The lowest BCUT2D eigenvalue weighted by Gasteiger charge is -2.20. The summed E-state index contributed by atoms with van der Waals surface area (Å²) >= 11 is 0. The van der Waals surface area contributed by atoms with E-state index in [-0.39, 0.29) is 5.92 Å². The summed E-state index contributed by atoms with van der Waals surface area (Å²) in [7, 11) is 0. The number of fused-ring (bicyclic) bond motifs is 3. The number of aldehydes is 1. The van der Waals surface area contributed by atoms with E-state index in [1.54, 1.807) is 12.4 Å². The molecule has 0 aromatic carbocycles. The summed E-state index contributed by atoms with van der Waals surface area (Å²) in [5.41, 5.74) is 1.22. The van der Waals surface area contributed by atoms with E-state index < -0.39 is 6.10 Å². The fourth-order valence-electron chi connectivity index (χ4n) is 1.70. The highest BCUT2D eigenvalue weighted by atomic mass is 16.6. The van der Waals surface area contributed by atoms with Gasteiger partial charge in [0.1, 0.15) is 12.3 Å². The summed E-state index contributed by atoms with van der Waals surface area (Å²) in [6.45, 7) is 0.355. The van der Waals surface area contributed by atoms with Crippen molar-refractivity contribution in [1.82, 2.24) is 9.97 Å². The third-order valence-corrected chi connectivity index (χ3v) is 2.46. The van der Waals surface area contributed by atoms with Crippen molar-refractivity contribution in [2.45, 2.75) is 6.10 Å². The molecule has 0 spiro atoms. The quantitative estimate of drug-likeness (QED) is 0.593. The number of carbonyl (C=O) groups is 1. The van der Waals surface area contributed by atoms with Gasteiger partial charge in [0.25, 0.3) is 0 Å². The molecular formula is C9H7N3O3. The Bertz CT molecular complexity index is 446. The number of hydrogen-bond acceptors (Lipinski definition) is 6. The second kappa shape index (κ2) is 3.01. The first-order valence-corrected chi connectivity index (χ1v) is 4.53. The van der Waals surface area contributed by atoms with Crippen LogP contribution in [-0.4, -0.2) is 34.7 Å². The van der Waals surface area contributed by atoms with Crippen molar-refractivity contribution < 1.29 is 14.4 Å². The number of nitrogens with zero attached hydrogens (tertiary/aromatic N) is 3. The van der Waals surface area contributed by atoms with E-state index in [9.17, 15) is 4.79 Å². The van der Waals surface area contributed by atoms with Gasteiger partial charge in [-0.1, -0.05) is 5.16 Å². The van der Waals surface area contributed by atoms with Gasteiger partial charge in [-0.25, -0.2) is 9.97 Å². The number of aromatic nitrogens is 2. The molecule has 0 radical (unpaired) electrons. The first-order valence-electron chi connectivity index (χ1n) is 4.53. The van der Waals surface area contributed by atoms with Crippen LogP contribution in [0.3, 0.4) is 0 Å². The Hall–Kier alpha value is -1.98. The van der Waals surface area contributed by atoms with E-state index in [1.165, 1.54) is 0 Å². The average Bonchev–Trinajstić information content (AvgIpc) is 2.72. The van der Waals surface area contributed by atoms with Crippen LogP contribution < -0.4 is 4.74 Å². The molecule has 0 aliphatic carbocycles. The molecule has 15 heavy (non-hydrogen) atoms. The molecule has 76 valence electrons. The molecule has 0 bridgehead atoms. The number of oxime groups is 1. The van der Waals surface area contributed by atoms with E-state index in [4.69, 9.17) is 9.57 Å². The predicted octanol–water partition coefficient (Wildman–Crippen LogP) is -0.213. The molecule has 2 atom stereocenters. The molecule has 0 fully saturated rings. The van der Waals surface area contributed by atoms with Crippen LogP contribution in [0.1, 0.15) is 5.69 Å². The largest absolute Gasteiger partial charge is 0.475 e. The highest BCUT2D eigenvalue weighted by Crippen LogP contribution is 2.29. The zero-order valence-corrected chi connectivity index (χ0v) is 7.66. The molecular weight excluding hydrogens is 198 g/mol. The first-order chi connectivity index (χ1) is 7.40. The number of carbonyl (C=O) groups excluding carboxylic acids is 1. The van der Waals surface area contributed by atoms with Crippen molar-refractivity contribution in [3.8, 4) is 5.88 Å². The zero-order valence-electron chi connectivity index (χ0n) is 7.66. The van der Waals surface area contributed by atoms with Crippen LogP contribution in [0.4, 0.5) is 0 Å². The number of ether oxygens (including phenoxy) is 1. The molecule has 1 aromatic heterocycles. The van der Waals surface area contributed by atoms with Crippen molar-refractivity contribution in [2.75, 3.05) is 6.61 Å². The lowest BCUT2D eigenvalue weighted by Crippen LogP contribution is -2.35. The number of hydrogen-bond donors (Lipinski definition) is 0. The Balaban J connectivity index is 2.06. The molecule has 0 saturated heterocycles. The molecule has 0 amide bonds. The smallest absolute Gasteiger partial charge is 0.242 e. The van der Waals surface area contributed by atoms with Crippen molar-refractivity contribution in [2.24, 2.45) is 11.1 Å². The monoisotopic (exact) mass is 205 g/mol. The number of rotatable bonds is 1. The maximum absolute atomic E-state index is 10.7. The summed E-state index contributed by atoms with van der Waals surface area (Å²) in [6, 6.07) is 0. The molecule has 6 nitrogen and oxygen atoms in total. The molecule has 1 aromatic rings. The van der Waals surface area contributed by atoms with E-state index in [1.807, 2.05) is 0 Å². The Kier molecular flexibility index (Phi) is 1.67. The highest BCUT2D eigenvalue weighted by molar-refractivity contribution is 6.05. The maximum atomic E-state index is 10.7. The molecule has 0 saturated carbocycles. The van der Waals surface area contributed by atoms with Gasteiger partial charge in [-0.15, -0.1) is 0 Å². The minimum atomic E-state index is -0.560. The fourth-order valence-corrected chi connectivity index (χ4v) is 1.70. The van der Waals surface area contributed by atoms with Crippen LogP contribution in [0.15, 0.2) is 17.5 Å². The molecule has 0 N–H and O–H groups in total. The van der Waals surface area contributed by atoms with E-state index >= 15 is 0 Å². The van der Waals surface area contributed by atoms with Crippen LogP contribution in [0.5, 0.6) is 5.88 Å². The van der Waals surface area contributed by atoms with Gasteiger partial charge in [0.2, 0.25) is 5.88 Å². The van der Waals surface area contributed by atoms with Gasteiger partial charge in [0.15, 0.2) is 18.1 Å². The van der Waals surface area contributed by atoms with Gasteiger partial charge in [-0.3, -0.25) is 4.79 Å². The third-order valence-electron chi connectivity index (χ3n) is 2.46. The lowest BCUT2D eigenvalue weighted by molar-refractivity contribution is -0.118. The van der Waals surface area contributed by atoms with Crippen molar-refractivity contribution in [1.29, 1.82) is 0 Å². The molecule has 2 aliphatic heterocycles. The minimum absolute atomic E-state index is 0.160. The normalized spacial score (nSPS) is 26.8. The minimum Gasteiger partial charge on any atom is -0.475 e. The Morgan fingerprint density at radius 1 is 1.40 bits per heavy atom. The molecule has 3 rings (SSSR count). The fraction of sp³-hybridized carbons (Fsp3) is 0.333. The van der Waals surface area contributed by atoms with E-state index in [0.717, 1.165) is 6.29 Å². The molecule has 2 unspecified atom stereocenters. The standard InChI is InChI=1S/C9H7N3O3/c13-3-6-5-4-14-9-8(7(5)12-15-6)10-1-2-11-9/h1-3,5-6H,4H2. The van der Waals surface area contributed by atoms with Gasteiger partial charge in [0, 0.05) is 12.4 Å². The van der Waals surface area contributed by atoms with Gasteiger partial charge in [-0.2, -0.15) is 0 Å². The third kappa shape index (κ3) is 1.11. The van der Waals surface area contributed by atoms with Crippen LogP contribution in [0, 0.1) is 5.92 Å². The predicted molar refractivity (Wildman–Crippen MR) is 48.5 cm³/mol. The second-order valence-electron chi connectivity index (χ2n) is 3.31. The zero-order chi connectivity index (χ0) is 10.3. The van der Waals surface area contributed by atoms with Crippen molar-refractivity contribution >= 4 is 12.0 Å². The van der Waals surface area contributed by atoms with Crippen molar-refractivity contribution in [3.05, 3.63) is 18.1 Å². The Morgan fingerprint density at radius 3 is 3.13 bits per heavy atom. The Morgan fingerprint density at radius 2 is 2.27 bits per heavy atom. The summed E-state index contributed by atoms with van der Waals surface area (Å²) < 4.78 is 5.38. The van der Waals surface area contributed by atoms with Crippen LogP contribution in [-0.2, 0) is 9.63 Å². The summed E-state index contributed by atoms with van der Waals surface area (Å²) in [5.74, 6) is 0.286. The maximum Gasteiger partial charge on any atom is 0.242 e. The van der Waals surface area contributed by atoms with Crippen molar-refractivity contribution in [3.63, 3.8) is 0 Å². The summed E-state index contributed by atoms with van der Waals surface area (Å²) in [6.07, 6.45) is 3.27. The topological polar surface area (TPSA) is 73.7 Å². The van der Waals surface area contributed by atoms with Crippen LogP contribution >= 0.6 is 0 Å². The Labute approximate surface area is 84.9 Å².